The summed E-state index contributed by atoms with van der Waals surface area (Å²) >= 11 is 1.39. The fraction of sp³-hybridized carbons (Fsp3) is 0.545. The summed E-state index contributed by atoms with van der Waals surface area (Å²) in [5.41, 5.74) is 0.749. The molecule has 0 aliphatic carbocycles. The van der Waals surface area contributed by atoms with Gasteiger partial charge >= 0.3 is 0 Å². The van der Waals surface area contributed by atoms with E-state index in [1.54, 1.807) is 12.1 Å². The summed E-state index contributed by atoms with van der Waals surface area (Å²) in [6.45, 7) is 10.2. The second-order valence-electron chi connectivity index (χ2n) is 7.95. The molecule has 0 bridgehead atoms. The molecule has 0 radical (unpaired) electrons. The lowest BCUT2D eigenvalue weighted by molar-refractivity contribution is 0.0630. The number of amides is 1. The first kappa shape index (κ1) is 21.2. The van der Waals surface area contributed by atoms with Crippen LogP contribution in [-0.4, -0.2) is 77.9 Å². The normalized spacial score (nSPS) is 18.1. The van der Waals surface area contributed by atoms with E-state index >= 15 is 0 Å². The SMILES string of the molecule is Cc1nc(COc2ccc(F)cc2)sc1C(=O)N1CCN(CCN2CCCC2)CC1. The number of halogens is 1. The third-order valence-corrected chi connectivity index (χ3v) is 6.92. The average Bonchev–Trinajstić information content (AvgIpc) is 3.41. The number of carbonyl (C=O) groups is 1. The van der Waals surface area contributed by atoms with Crippen molar-refractivity contribution in [3.63, 3.8) is 0 Å². The van der Waals surface area contributed by atoms with Gasteiger partial charge in [0.25, 0.3) is 5.91 Å². The summed E-state index contributed by atoms with van der Waals surface area (Å²) in [4.78, 5) is 25.1. The Morgan fingerprint density at radius 3 is 2.33 bits per heavy atom. The number of rotatable bonds is 7. The first-order valence-corrected chi connectivity index (χ1v) is 11.5. The van der Waals surface area contributed by atoms with Gasteiger partial charge in [-0.3, -0.25) is 9.69 Å². The van der Waals surface area contributed by atoms with Gasteiger partial charge in [-0.05, 0) is 57.1 Å². The molecule has 2 aliphatic heterocycles. The molecule has 0 saturated carbocycles. The zero-order valence-electron chi connectivity index (χ0n) is 17.5. The number of benzene rings is 1. The Bertz CT molecular complexity index is 843. The third-order valence-electron chi connectivity index (χ3n) is 5.80. The lowest BCUT2D eigenvalue weighted by atomic mass is 10.2. The average molecular weight is 433 g/mol. The smallest absolute Gasteiger partial charge is 0.265 e. The van der Waals surface area contributed by atoms with E-state index in [0.717, 1.165) is 50.0 Å². The van der Waals surface area contributed by atoms with Gasteiger partial charge in [0.15, 0.2) is 0 Å². The molecule has 2 aliphatic rings. The highest BCUT2D eigenvalue weighted by atomic mass is 32.1. The minimum atomic E-state index is -0.295. The van der Waals surface area contributed by atoms with E-state index < -0.39 is 0 Å². The fourth-order valence-corrected chi connectivity index (χ4v) is 4.94. The number of hydrogen-bond donors (Lipinski definition) is 0. The Balaban J connectivity index is 1.26. The van der Waals surface area contributed by atoms with Crippen molar-refractivity contribution in [2.75, 3.05) is 52.4 Å². The Hall–Kier alpha value is -2.03. The number of hydrogen-bond acceptors (Lipinski definition) is 6. The molecule has 2 fully saturated rings. The van der Waals surface area contributed by atoms with Crippen LogP contribution in [0.2, 0.25) is 0 Å². The lowest BCUT2D eigenvalue weighted by Crippen LogP contribution is -2.50. The molecule has 1 aromatic carbocycles. The van der Waals surface area contributed by atoms with Gasteiger partial charge in [0.05, 0.1) is 5.69 Å². The molecule has 4 rings (SSSR count). The van der Waals surface area contributed by atoms with Crippen molar-refractivity contribution in [1.82, 2.24) is 19.7 Å². The van der Waals surface area contributed by atoms with Gasteiger partial charge in [0, 0.05) is 39.3 Å². The number of nitrogens with zero attached hydrogens (tertiary/aromatic N) is 4. The molecule has 0 spiro atoms. The monoisotopic (exact) mass is 432 g/mol. The highest BCUT2D eigenvalue weighted by Gasteiger charge is 2.26. The van der Waals surface area contributed by atoms with Gasteiger partial charge in [-0.15, -0.1) is 11.3 Å². The number of carbonyl (C=O) groups excluding carboxylic acids is 1. The molecule has 3 heterocycles. The van der Waals surface area contributed by atoms with Crippen molar-refractivity contribution in [2.24, 2.45) is 0 Å². The van der Waals surface area contributed by atoms with Gasteiger partial charge in [-0.25, -0.2) is 9.37 Å². The van der Waals surface area contributed by atoms with Crippen LogP contribution < -0.4 is 4.74 Å². The molecule has 6 nitrogen and oxygen atoms in total. The maximum absolute atomic E-state index is 13.0. The molecule has 2 aromatic rings. The van der Waals surface area contributed by atoms with Crippen LogP contribution in [-0.2, 0) is 6.61 Å². The standard InChI is InChI=1S/C22H29FN4O2S/c1-17-21(30-20(24-17)16-29-19-6-4-18(23)5-7-19)22(28)27-14-12-26(13-15-27)11-10-25-8-2-3-9-25/h4-7H,2-3,8-16H2,1H3. The molecular formula is C22H29FN4O2S. The fourth-order valence-electron chi connectivity index (χ4n) is 4.00. The number of aromatic nitrogens is 1. The van der Waals surface area contributed by atoms with Crippen molar-refractivity contribution in [3.8, 4) is 5.75 Å². The molecule has 2 saturated heterocycles. The largest absolute Gasteiger partial charge is 0.486 e. The first-order chi connectivity index (χ1) is 14.6. The van der Waals surface area contributed by atoms with Gasteiger partial charge in [-0.1, -0.05) is 0 Å². The van der Waals surface area contributed by atoms with Crippen molar-refractivity contribution in [1.29, 1.82) is 0 Å². The molecule has 0 unspecified atom stereocenters. The quantitative estimate of drug-likeness (QED) is 0.673. The van der Waals surface area contributed by atoms with E-state index in [0.29, 0.717) is 10.6 Å². The van der Waals surface area contributed by atoms with E-state index in [-0.39, 0.29) is 18.3 Å². The lowest BCUT2D eigenvalue weighted by Gasteiger charge is -2.35. The minimum absolute atomic E-state index is 0.0669. The Kier molecular flexibility index (Phi) is 6.97. The highest BCUT2D eigenvalue weighted by molar-refractivity contribution is 7.13. The van der Waals surface area contributed by atoms with Crippen LogP contribution in [0.15, 0.2) is 24.3 Å². The Labute approximate surface area is 181 Å². The van der Waals surface area contributed by atoms with Gasteiger partial charge in [0.1, 0.15) is 28.1 Å². The van der Waals surface area contributed by atoms with Gasteiger partial charge < -0.3 is 14.5 Å². The van der Waals surface area contributed by atoms with Crippen LogP contribution >= 0.6 is 11.3 Å². The molecule has 1 amide bonds. The van der Waals surface area contributed by atoms with Gasteiger partial charge in [-0.2, -0.15) is 0 Å². The van der Waals surface area contributed by atoms with Crippen LogP contribution in [0.1, 0.15) is 33.2 Å². The van der Waals surface area contributed by atoms with Crippen molar-refractivity contribution in [2.45, 2.75) is 26.4 Å². The van der Waals surface area contributed by atoms with Crippen molar-refractivity contribution >= 4 is 17.2 Å². The topological polar surface area (TPSA) is 48.9 Å². The summed E-state index contributed by atoms with van der Waals surface area (Å²) < 4.78 is 18.7. The van der Waals surface area contributed by atoms with Crippen LogP contribution in [0.3, 0.4) is 0 Å². The summed E-state index contributed by atoms with van der Waals surface area (Å²) in [5.74, 6) is 0.357. The van der Waals surface area contributed by atoms with Crippen LogP contribution in [0.4, 0.5) is 4.39 Å². The maximum atomic E-state index is 13.0. The Morgan fingerprint density at radius 2 is 1.67 bits per heavy atom. The zero-order chi connectivity index (χ0) is 20.9. The summed E-state index contributed by atoms with van der Waals surface area (Å²) in [5, 5.41) is 0.754. The van der Waals surface area contributed by atoms with E-state index in [1.165, 1.54) is 49.4 Å². The second kappa shape index (κ2) is 9.85. The summed E-state index contributed by atoms with van der Waals surface area (Å²) in [7, 11) is 0. The van der Waals surface area contributed by atoms with Crippen LogP contribution in [0.5, 0.6) is 5.75 Å². The van der Waals surface area contributed by atoms with Crippen molar-refractivity contribution < 1.29 is 13.9 Å². The van der Waals surface area contributed by atoms with E-state index in [9.17, 15) is 9.18 Å². The summed E-state index contributed by atoms with van der Waals surface area (Å²) in [6.07, 6.45) is 2.65. The first-order valence-electron chi connectivity index (χ1n) is 10.7. The molecule has 0 atom stereocenters. The van der Waals surface area contributed by atoms with Crippen LogP contribution in [0, 0.1) is 12.7 Å². The third kappa shape index (κ3) is 5.36. The molecule has 0 N–H and O–H groups in total. The predicted octanol–water partition coefficient (Wildman–Crippen LogP) is 3.02. The van der Waals surface area contributed by atoms with Gasteiger partial charge in [0.2, 0.25) is 0 Å². The number of ether oxygens (including phenoxy) is 1. The Morgan fingerprint density at radius 1 is 1.03 bits per heavy atom. The molecular weight excluding hydrogens is 403 g/mol. The number of thiazole rings is 1. The summed E-state index contributed by atoms with van der Waals surface area (Å²) in [6, 6.07) is 5.90. The predicted molar refractivity (Wildman–Crippen MR) is 116 cm³/mol. The number of piperazine rings is 1. The molecule has 30 heavy (non-hydrogen) atoms. The van der Waals surface area contributed by atoms with Crippen LogP contribution in [0.25, 0.3) is 0 Å². The second-order valence-corrected chi connectivity index (χ2v) is 9.03. The molecule has 8 heteroatoms. The minimum Gasteiger partial charge on any atom is -0.486 e. The number of aryl methyl sites for hydroxylation is 1. The maximum Gasteiger partial charge on any atom is 0.265 e. The molecule has 1 aromatic heterocycles. The van der Waals surface area contributed by atoms with Crippen molar-refractivity contribution in [3.05, 3.63) is 45.7 Å². The number of likely N-dealkylation sites (tertiary alicyclic amines) is 1. The van der Waals surface area contributed by atoms with E-state index in [4.69, 9.17) is 4.74 Å². The molecule has 162 valence electrons. The highest BCUT2D eigenvalue weighted by Crippen LogP contribution is 2.23. The zero-order valence-corrected chi connectivity index (χ0v) is 18.3. The van der Waals surface area contributed by atoms with E-state index in [2.05, 4.69) is 14.8 Å². The van der Waals surface area contributed by atoms with E-state index in [1.807, 2.05) is 11.8 Å².